The molecule has 0 bridgehead atoms. The van der Waals surface area contributed by atoms with E-state index in [1.807, 2.05) is 56.9 Å². The van der Waals surface area contributed by atoms with Gasteiger partial charge in [-0.15, -0.1) is 0 Å². The molecule has 1 unspecified atom stereocenters. The molecule has 1 saturated heterocycles. The van der Waals surface area contributed by atoms with Crippen molar-refractivity contribution in [1.29, 1.82) is 5.41 Å². The first-order chi connectivity index (χ1) is 14.1. The monoisotopic (exact) mass is 428 g/mol. The minimum Gasteiger partial charge on any atom is -0.388 e. The molecule has 0 aromatic heterocycles. The van der Waals surface area contributed by atoms with Gasteiger partial charge in [-0.25, -0.2) is 4.39 Å². The third kappa shape index (κ3) is 4.85. The number of benzene rings is 1. The lowest BCUT2D eigenvalue weighted by molar-refractivity contribution is 0.387. The zero-order chi connectivity index (χ0) is 22.6. The molecule has 0 saturated carbocycles. The SMILES string of the molecule is C=C/C(C)=C\C(=C/N(C)C)N1C(=C)C(=N)/C(=C(/C)NCC)C1c1ccc(Cl)cc1F. The summed E-state index contributed by atoms with van der Waals surface area (Å²) in [6.45, 7) is 14.5. The molecule has 1 aromatic carbocycles. The molecule has 2 N–H and O–H groups in total. The van der Waals surface area contributed by atoms with E-state index < -0.39 is 11.9 Å². The first kappa shape index (κ1) is 23.5. The number of hydrogen-bond donors (Lipinski definition) is 2. The molecule has 1 aliphatic rings. The number of likely N-dealkylation sites (tertiary alicyclic amines) is 1. The average Bonchev–Trinajstić information content (AvgIpc) is 2.92. The van der Waals surface area contributed by atoms with Crippen LogP contribution >= 0.6 is 11.6 Å². The predicted molar refractivity (Wildman–Crippen MR) is 125 cm³/mol. The molecule has 0 aliphatic carbocycles. The highest BCUT2D eigenvalue weighted by Gasteiger charge is 2.41. The second-order valence-electron chi connectivity index (χ2n) is 7.44. The molecule has 0 radical (unpaired) electrons. The van der Waals surface area contributed by atoms with Gasteiger partial charge < -0.3 is 15.1 Å². The molecular formula is C24H30ClFN4. The second-order valence-corrected chi connectivity index (χ2v) is 7.88. The van der Waals surface area contributed by atoms with Gasteiger partial charge in [0.05, 0.1) is 23.1 Å². The minimum absolute atomic E-state index is 0.280. The molecule has 1 aromatic rings. The van der Waals surface area contributed by atoms with Crippen LogP contribution < -0.4 is 5.32 Å². The standard InChI is InChI=1S/C24H30ClFN4/c1-8-15(3)12-19(14-29(6)7)30-17(5)23(27)22(16(4)28-9-2)24(30)20-11-10-18(25)13-21(20)26/h8,10-14,24,27-28H,1,5,9H2,2-4,6-7H3/b15-12-,19-14+,22-16+,27-23?. The lowest BCUT2D eigenvalue weighted by Gasteiger charge is -2.30. The summed E-state index contributed by atoms with van der Waals surface area (Å²) in [6.07, 6.45) is 5.64. The van der Waals surface area contributed by atoms with Crippen LogP contribution in [0.5, 0.6) is 0 Å². The third-order valence-corrected chi connectivity index (χ3v) is 5.08. The Morgan fingerprint density at radius 2 is 2.03 bits per heavy atom. The smallest absolute Gasteiger partial charge is 0.130 e. The van der Waals surface area contributed by atoms with Gasteiger partial charge in [-0.05, 0) is 44.6 Å². The maximum Gasteiger partial charge on any atom is 0.130 e. The maximum absolute atomic E-state index is 15.1. The van der Waals surface area contributed by atoms with Crippen molar-refractivity contribution in [2.75, 3.05) is 20.6 Å². The van der Waals surface area contributed by atoms with Crippen LogP contribution in [0.15, 0.2) is 77.9 Å². The summed E-state index contributed by atoms with van der Waals surface area (Å²) >= 11 is 6.01. The normalized spacial score (nSPS) is 19.3. The summed E-state index contributed by atoms with van der Waals surface area (Å²) < 4.78 is 15.1. The molecular weight excluding hydrogens is 399 g/mol. The van der Waals surface area contributed by atoms with Crippen molar-refractivity contribution in [3.05, 3.63) is 94.3 Å². The number of nitrogens with zero attached hydrogens (tertiary/aromatic N) is 2. The molecule has 4 nitrogen and oxygen atoms in total. The Morgan fingerprint density at radius 3 is 2.57 bits per heavy atom. The second kappa shape index (κ2) is 9.81. The van der Waals surface area contributed by atoms with Crippen LogP contribution in [-0.4, -0.2) is 36.2 Å². The van der Waals surface area contributed by atoms with E-state index in [1.165, 1.54) is 6.07 Å². The fourth-order valence-corrected chi connectivity index (χ4v) is 3.66. The van der Waals surface area contributed by atoms with E-state index in [0.717, 1.165) is 17.0 Å². The van der Waals surface area contributed by atoms with Gasteiger partial charge in [0, 0.05) is 48.7 Å². The molecule has 30 heavy (non-hydrogen) atoms. The first-order valence-corrected chi connectivity index (χ1v) is 10.2. The summed E-state index contributed by atoms with van der Waals surface area (Å²) in [5.41, 5.74) is 4.45. The zero-order valence-corrected chi connectivity index (χ0v) is 19.1. The highest BCUT2D eigenvalue weighted by molar-refractivity contribution is 6.30. The molecule has 1 atom stereocenters. The van der Waals surface area contributed by atoms with Crippen LogP contribution in [0, 0.1) is 11.2 Å². The van der Waals surface area contributed by atoms with E-state index in [9.17, 15) is 0 Å². The van der Waals surface area contributed by atoms with Gasteiger partial charge in [0.1, 0.15) is 5.82 Å². The van der Waals surface area contributed by atoms with Crippen molar-refractivity contribution in [1.82, 2.24) is 15.1 Å². The summed E-state index contributed by atoms with van der Waals surface area (Å²) in [5.74, 6) is -0.421. The van der Waals surface area contributed by atoms with Crippen molar-refractivity contribution in [2.45, 2.75) is 26.8 Å². The van der Waals surface area contributed by atoms with E-state index in [0.29, 0.717) is 28.4 Å². The largest absolute Gasteiger partial charge is 0.388 e. The lowest BCUT2D eigenvalue weighted by atomic mass is 9.96. The van der Waals surface area contributed by atoms with Gasteiger partial charge in [-0.3, -0.25) is 5.41 Å². The van der Waals surface area contributed by atoms with Gasteiger partial charge in [0.2, 0.25) is 0 Å². The Kier molecular flexibility index (Phi) is 7.68. The van der Waals surface area contributed by atoms with Gasteiger partial charge in [-0.1, -0.05) is 36.9 Å². The Morgan fingerprint density at radius 1 is 1.37 bits per heavy atom. The van der Waals surface area contributed by atoms with Crippen LogP contribution in [0.2, 0.25) is 5.02 Å². The summed E-state index contributed by atoms with van der Waals surface area (Å²) in [5, 5.41) is 12.4. The van der Waals surface area contributed by atoms with E-state index in [4.69, 9.17) is 17.0 Å². The highest BCUT2D eigenvalue weighted by Crippen LogP contribution is 2.45. The average molecular weight is 429 g/mol. The summed E-state index contributed by atoms with van der Waals surface area (Å²) in [7, 11) is 3.83. The topological polar surface area (TPSA) is 42.4 Å². The Bertz CT molecular complexity index is 956. The minimum atomic E-state index is -0.554. The van der Waals surface area contributed by atoms with Crippen molar-refractivity contribution >= 4 is 17.3 Å². The Hall–Kier alpha value is -2.79. The number of hydrogen-bond acceptors (Lipinski definition) is 4. The van der Waals surface area contributed by atoms with Gasteiger partial charge in [0.15, 0.2) is 0 Å². The molecule has 6 heteroatoms. The molecule has 160 valence electrons. The molecule has 0 spiro atoms. The van der Waals surface area contributed by atoms with Crippen molar-refractivity contribution < 1.29 is 4.39 Å². The van der Waals surface area contributed by atoms with Crippen LogP contribution in [-0.2, 0) is 0 Å². The van der Waals surface area contributed by atoms with Gasteiger partial charge in [0.25, 0.3) is 0 Å². The molecule has 1 heterocycles. The number of nitrogens with one attached hydrogen (secondary N) is 2. The molecule has 2 rings (SSSR count). The van der Waals surface area contributed by atoms with Crippen LogP contribution in [0.4, 0.5) is 4.39 Å². The molecule has 1 fully saturated rings. The first-order valence-electron chi connectivity index (χ1n) is 9.78. The fraction of sp³-hybridized carbons (Fsp3) is 0.292. The quantitative estimate of drug-likeness (QED) is 0.540. The van der Waals surface area contributed by atoms with E-state index in [2.05, 4.69) is 18.5 Å². The van der Waals surface area contributed by atoms with Crippen LogP contribution in [0.25, 0.3) is 0 Å². The van der Waals surface area contributed by atoms with E-state index in [-0.39, 0.29) is 5.71 Å². The Labute approximate surface area is 184 Å². The number of halogens is 2. The zero-order valence-electron chi connectivity index (χ0n) is 18.3. The Balaban J connectivity index is 2.83. The molecule has 1 aliphatic heterocycles. The lowest BCUT2D eigenvalue weighted by Crippen LogP contribution is -2.25. The summed E-state index contributed by atoms with van der Waals surface area (Å²) in [6, 6.07) is 4.10. The van der Waals surface area contributed by atoms with Crippen LogP contribution in [0.3, 0.4) is 0 Å². The number of rotatable bonds is 7. The predicted octanol–water partition coefficient (Wildman–Crippen LogP) is 5.79. The van der Waals surface area contributed by atoms with Crippen molar-refractivity contribution in [2.24, 2.45) is 0 Å². The highest BCUT2D eigenvalue weighted by atomic mass is 35.5. The van der Waals surface area contributed by atoms with E-state index in [1.54, 1.807) is 18.2 Å². The van der Waals surface area contributed by atoms with Crippen molar-refractivity contribution in [3.8, 4) is 0 Å². The molecule has 0 amide bonds. The van der Waals surface area contributed by atoms with E-state index >= 15 is 4.39 Å². The van der Waals surface area contributed by atoms with Crippen molar-refractivity contribution in [3.63, 3.8) is 0 Å². The van der Waals surface area contributed by atoms with Gasteiger partial charge in [-0.2, -0.15) is 0 Å². The van der Waals surface area contributed by atoms with Gasteiger partial charge >= 0.3 is 0 Å². The fourth-order valence-electron chi connectivity index (χ4n) is 3.50. The summed E-state index contributed by atoms with van der Waals surface area (Å²) in [4.78, 5) is 3.81. The van der Waals surface area contributed by atoms with Crippen LogP contribution in [0.1, 0.15) is 32.4 Å². The third-order valence-electron chi connectivity index (χ3n) is 4.85. The maximum atomic E-state index is 15.1. The number of allylic oxidation sites excluding steroid dienone is 5.